The first kappa shape index (κ1) is 28.1. The number of aryl methyl sites for hydroxylation is 2. The summed E-state index contributed by atoms with van der Waals surface area (Å²) in [5.41, 5.74) is 7.33. The zero-order valence-electron chi connectivity index (χ0n) is 25.2. The summed E-state index contributed by atoms with van der Waals surface area (Å²) in [6, 6.07) is 26.7. The van der Waals surface area contributed by atoms with Crippen molar-refractivity contribution in [1.82, 2.24) is 0 Å². The molecule has 0 aromatic heterocycles. The van der Waals surface area contributed by atoms with Crippen LogP contribution in [0.3, 0.4) is 0 Å². The molecule has 7 rings (SSSR count). The lowest BCUT2D eigenvalue weighted by Gasteiger charge is -2.27. The number of anilines is 3. The highest BCUT2D eigenvalue weighted by molar-refractivity contribution is 5.76. The van der Waals surface area contributed by atoms with Crippen LogP contribution in [0.1, 0.15) is 86.8 Å². The fraction of sp³-hybridized carbons (Fsp3) is 0.514. The van der Waals surface area contributed by atoms with E-state index in [2.05, 4.69) is 91.5 Å². The fourth-order valence-corrected chi connectivity index (χ4v) is 7.17. The average molecular weight is 568 g/mol. The van der Waals surface area contributed by atoms with Gasteiger partial charge < -0.3 is 23.8 Å². The van der Waals surface area contributed by atoms with Crippen LogP contribution in [0.25, 0.3) is 0 Å². The highest BCUT2D eigenvalue weighted by atomic mass is 16.8. The smallest absolute Gasteiger partial charge is 0.195 e. The van der Waals surface area contributed by atoms with Crippen molar-refractivity contribution in [2.45, 2.75) is 108 Å². The van der Waals surface area contributed by atoms with Gasteiger partial charge in [0.2, 0.25) is 0 Å². The van der Waals surface area contributed by atoms with Gasteiger partial charge in [0.05, 0.1) is 13.2 Å². The van der Waals surface area contributed by atoms with Crippen molar-refractivity contribution < 1.29 is 18.9 Å². The molecule has 0 N–H and O–H groups in total. The van der Waals surface area contributed by atoms with Crippen LogP contribution in [0, 0.1) is 13.8 Å². The van der Waals surface area contributed by atoms with Crippen LogP contribution in [-0.4, -0.2) is 37.0 Å². The lowest BCUT2D eigenvalue weighted by atomic mass is 9.92. The molecule has 5 nitrogen and oxygen atoms in total. The van der Waals surface area contributed by atoms with Gasteiger partial charge in [-0.15, -0.1) is 0 Å². The quantitative estimate of drug-likeness (QED) is 0.204. The summed E-state index contributed by atoms with van der Waals surface area (Å²) in [5, 5.41) is 0. The van der Waals surface area contributed by atoms with Gasteiger partial charge in [0.25, 0.3) is 0 Å². The van der Waals surface area contributed by atoms with Crippen LogP contribution in [0.2, 0.25) is 0 Å². The fourth-order valence-electron chi connectivity index (χ4n) is 7.17. The van der Waals surface area contributed by atoms with E-state index < -0.39 is 0 Å². The van der Waals surface area contributed by atoms with Gasteiger partial charge in [-0.2, -0.15) is 0 Å². The molecule has 42 heavy (non-hydrogen) atoms. The zero-order chi connectivity index (χ0) is 28.6. The second kappa shape index (κ2) is 11.8. The molecule has 0 radical (unpaired) electrons. The Morgan fingerprint density at radius 2 is 1.07 bits per heavy atom. The molecule has 4 unspecified atom stereocenters. The monoisotopic (exact) mass is 567 g/mol. The normalized spacial score (nSPS) is 28.4. The molecule has 2 saturated heterocycles. The van der Waals surface area contributed by atoms with Gasteiger partial charge in [-0.3, -0.25) is 0 Å². The molecule has 5 heteroatoms. The molecule has 0 amide bonds. The standard InChI is InChI=1S/C37H45NO4/c1-27-9-15-31(16-10-27)38(32-17-11-28(2)12-18-32)33-19-13-29(14-20-33)30(21-25-39-36-23-5-3-7-34(36)41-36)22-26-40-37-24-6-4-8-35(37)42-37/h9-20,30,34-35H,3-8,21-26H2,1-2H3. The van der Waals surface area contributed by atoms with Crippen molar-refractivity contribution in [2.24, 2.45) is 0 Å². The van der Waals surface area contributed by atoms with Gasteiger partial charge in [0, 0.05) is 29.9 Å². The third-order valence-corrected chi connectivity index (χ3v) is 9.87. The number of ether oxygens (including phenoxy) is 4. The SMILES string of the molecule is Cc1ccc(N(c2ccc(C)cc2)c2ccc(C(CCOC34CCCCC3O4)CCOC34CCCCC3O4)cc2)cc1. The maximum atomic E-state index is 6.42. The van der Waals surface area contributed by atoms with E-state index in [-0.39, 0.29) is 11.6 Å². The van der Waals surface area contributed by atoms with Crippen molar-refractivity contribution in [2.75, 3.05) is 18.1 Å². The summed E-state index contributed by atoms with van der Waals surface area (Å²) in [6.45, 7) is 5.70. The van der Waals surface area contributed by atoms with Crippen LogP contribution in [0.4, 0.5) is 17.1 Å². The summed E-state index contributed by atoms with van der Waals surface area (Å²) in [7, 11) is 0. The first-order chi connectivity index (χ1) is 20.5. The van der Waals surface area contributed by atoms with E-state index in [1.54, 1.807) is 0 Å². The summed E-state index contributed by atoms with van der Waals surface area (Å²) in [5.74, 6) is -0.232. The van der Waals surface area contributed by atoms with Crippen LogP contribution in [0.15, 0.2) is 72.8 Å². The van der Waals surface area contributed by atoms with Gasteiger partial charge in [0.1, 0.15) is 12.2 Å². The van der Waals surface area contributed by atoms with E-state index in [1.807, 2.05) is 0 Å². The third-order valence-electron chi connectivity index (χ3n) is 9.87. The molecular weight excluding hydrogens is 522 g/mol. The average Bonchev–Trinajstić information content (AvgIpc) is 3.92. The van der Waals surface area contributed by atoms with Crippen LogP contribution < -0.4 is 4.90 Å². The minimum absolute atomic E-state index is 0.290. The van der Waals surface area contributed by atoms with Gasteiger partial charge >= 0.3 is 0 Å². The van der Waals surface area contributed by atoms with Crippen molar-refractivity contribution in [3.05, 3.63) is 89.5 Å². The van der Waals surface area contributed by atoms with Crippen molar-refractivity contribution in [1.29, 1.82) is 0 Å². The highest BCUT2D eigenvalue weighted by Gasteiger charge is 2.59. The summed E-state index contributed by atoms with van der Waals surface area (Å²) >= 11 is 0. The molecule has 0 bridgehead atoms. The first-order valence-corrected chi connectivity index (χ1v) is 16.2. The molecule has 4 fully saturated rings. The van der Waals surface area contributed by atoms with E-state index in [9.17, 15) is 0 Å². The van der Waals surface area contributed by atoms with Gasteiger partial charge in [-0.05, 0) is 100 Å². The number of rotatable bonds is 12. The van der Waals surface area contributed by atoms with Crippen LogP contribution in [-0.2, 0) is 18.9 Å². The first-order valence-electron chi connectivity index (χ1n) is 16.2. The van der Waals surface area contributed by atoms with Gasteiger partial charge in [-0.25, -0.2) is 0 Å². The summed E-state index contributed by atoms with van der Waals surface area (Å²) in [6.07, 6.45) is 11.8. The van der Waals surface area contributed by atoms with Crippen molar-refractivity contribution >= 4 is 17.1 Å². The third kappa shape index (κ3) is 5.90. The van der Waals surface area contributed by atoms with E-state index in [0.717, 1.165) is 55.6 Å². The lowest BCUT2D eigenvalue weighted by molar-refractivity contribution is -0.0625. The van der Waals surface area contributed by atoms with Crippen molar-refractivity contribution in [3.8, 4) is 0 Å². The number of hydrogen-bond acceptors (Lipinski definition) is 5. The molecule has 3 aromatic carbocycles. The maximum absolute atomic E-state index is 6.42. The van der Waals surface area contributed by atoms with Crippen molar-refractivity contribution in [3.63, 3.8) is 0 Å². The minimum atomic E-state index is -0.290. The van der Waals surface area contributed by atoms with E-state index >= 15 is 0 Å². The minimum Gasteiger partial charge on any atom is -0.347 e. The molecule has 4 aliphatic rings. The van der Waals surface area contributed by atoms with Gasteiger partial charge in [0.15, 0.2) is 11.6 Å². The Balaban J connectivity index is 1.08. The molecular formula is C37H45NO4. The van der Waals surface area contributed by atoms with E-state index in [4.69, 9.17) is 18.9 Å². The number of fused-ring (bicyclic) bond motifs is 2. The molecule has 2 heterocycles. The maximum Gasteiger partial charge on any atom is 0.195 e. The molecule has 2 aliphatic heterocycles. The number of benzene rings is 3. The topological polar surface area (TPSA) is 46.8 Å². The van der Waals surface area contributed by atoms with Gasteiger partial charge in [-0.1, -0.05) is 60.4 Å². The summed E-state index contributed by atoms with van der Waals surface area (Å²) < 4.78 is 24.9. The van der Waals surface area contributed by atoms with Crippen LogP contribution >= 0.6 is 0 Å². The van der Waals surface area contributed by atoms with E-state index in [0.29, 0.717) is 31.3 Å². The highest BCUT2D eigenvalue weighted by Crippen LogP contribution is 2.50. The molecule has 2 saturated carbocycles. The number of hydrogen-bond donors (Lipinski definition) is 0. The Morgan fingerprint density at radius 3 is 1.50 bits per heavy atom. The zero-order valence-corrected chi connectivity index (χ0v) is 25.2. The molecule has 222 valence electrons. The number of nitrogens with zero attached hydrogens (tertiary/aromatic N) is 1. The Labute approximate surface area is 251 Å². The van der Waals surface area contributed by atoms with E-state index in [1.165, 1.54) is 42.4 Å². The summed E-state index contributed by atoms with van der Waals surface area (Å²) in [4.78, 5) is 2.34. The molecule has 0 spiro atoms. The largest absolute Gasteiger partial charge is 0.347 e. The Bertz CT molecular complexity index is 1260. The molecule has 4 atom stereocenters. The Kier molecular flexibility index (Phi) is 7.87. The Morgan fingerprint density at radius 1 is 0.643 bits per heavy atom. The number of epoxide rings is 2. The lowest BCUT2D eigenvalue weighted by Crippen LogP contribution is -2.25. The van der Waals surface area contributed by atoms with Crippen LogP contribution in [0.5, 0.6) is 0 Å². The second-order valence-electron chi connectivity index (χ2n) is 12.9. The predicted octanol–water partition coefficient (Wildman–Crippen LogP) is 9.01. The molecule has 3 aromatic rings. The Hall–Kier alpha value is -2.70. The second-order valence-corrected chi connectivity index (χ2v) is 12.9. The molecule has 2 aliphatic carbocycles. The predicted molar refractivity (Wildman–Crippen MR) is 167 cm³/mol.